The van der Waals surface area contributed by atoms with Crippen molar-refractivity contribution in [3.05, 3.63) is 65.7 Å². The molecule has 132 valence electrons. The molecule has 0 saturated carbocycles. The van der Waals surface area contributed by atoms with Gasteiger partial charge in [0.2, 0.25) is 5.91 Å². The fourth-order valence-electron chi connectivity index (χ4n) is 2.80. The van der Waals surface area contributed by atoms with Gasteiger partial charge in [0.05, 0.1) is 13.0 Å². The average molecular weight is 341 g/mol. The van der Waals surface area contributed by atoms with Crippen molar-refractivity contribution in [1.82, 2.24) is 5.32 Å². The second-order valence-corrected chi connectivity index (χ2v) is 5.92. The number of ether oxygens (including phenoxy) is 1. The summed E-state index contributed by atoms with van der Waals surface area (Å²) in [5, 5.41) is 12.6. The number of carbonyl (C=O) groups excluding carboxylic acids is 1. The number of methoxy groups -OCH3 is 1. The molecule has 0 saturated heterocycles. The third-order valence-corrected chi connectivity index (χ3v) is 4.49. The maximum absolute atomic E-state index is 12.8. The Morgan fingerprint density at radius 2 is 1.84 bits per heavy atom. The number of rotatable bonds is 7. The quantitative estimate of drug-likeness (QED) is 0.810. The van der Waals surface area contributed by atoms with Crippen molar-refractivity contribution in [3.63, 3.8) is 0 Å². The Bertz CT molecular complexity index is 744. The molecule has 0 aliphatic rings. The molecule has 0 radical (unpaired) electrons. The Labute approximate surface area is 147 Å². The van der Waals surface area contributed by atoms with E-state index in [4.69, 9.17) is 4.74 Å². The van der Waals surface area contributed by atoms with Crippen LogP contribution in [0.1, 0.15) is 37.3 Å². The van der Waals surface area contributed by atoms with Gasteiger partial charge in [0, 0.05) is 0 Å². The van der Waals surface area contributed by atoms with E-state index in [1.165, 1.54) is 0 Å². The molecule has 2 atom stereocenters. The van der Waals surface area contributed by atoms with Crippen molar-refractivity contribution in [2.24, 2.45) is 0 Å². The van der Waals surface area contributed by atoms with Crippen LogP contribution in [0.4, 0.5) is 0 Å². The van der Waals surface area contributed by atoms with Crippen LogP contribution in [-0.2, 0) is 15.1 Å². The molecule has 5 heteroatoms. The predicted molar refractivity (Wildman–Crippen MR) is 95.6 cm³/mol. The summed E-state index contributed by atoms with van der Waals surface area (Å²) in [5.74, 6) is -1.28. The van der Waals surface area contributed by atoms with Gasteiger partial charge in [0.15, 0.2) is 5.54 Å². The van der Waals surface area contributed by atoms with Crippen molar-refractivity contribution in [1.29, 1.82) is 0 Å². The number of hydrogen-bond donors (Lipinski definition) is 2. The second-order valence-electron chi connectivity index (χ2n) is 5.92. The Hall–Kier alpha value is -2.82. The molecule has 2 aromatic carbocycles. The maximum atomic E-state index is 12.8. The Kier molecular flexibility index (Phi) is 5.80. The van der Waals surface area contributed by atoms with E-state index in [2.05, 4.69) is 5.32 Å². The van der Waals surface area contributed by atoms with E-state index in [0.717, 1.165) is 5.56 Å². The fourth-order valence-corrected chi connectivity index (χ4v) is 2.80. The lowest BCUT2D eigenvalue weighted by atomic mass is 9.86. The van der Waals surface area contributed by atoms with Crippen LogP contribution in [0.15, 0.2) is 54.6 Å². The fraction of sp³-hybridized carbons (Fsp3) is 0.300. The van der Waals surface area contributed by atoms with Crippen LogP contribution < -0.4 is 10.1 Å². The Morgan fingerprint density at radius 3 is 2.40 bits per heavy atom. The molecular formula is C20H23NO4. The number of nitrogens with one attached hydrogen (secondary N) is 1. The lowest BCUT2D eigenvalue weighted by molar-refractivity contribution is -0.148. The van der Waals surface area contributed by atoms with Gasteiger partial charge in [-0.05, 0) is 36.6 Å². The number of carboxylic acids is 1. The summed E-state index contributed by atoms with van der Waals surface area (Å²) >= 11 is 0. The standard InChI is InChI=1S/C20H23NO4/c1-4-20(19(23)24,16-10-6-5-7-11-16)21-18(22)14(2)15-9-8-12-17(13-15)25-3/h5-14H,4H2,1-3H3,(H,21,22)(H,23,24). The monoisotopic (exact) mass is 341 g/mol. The molecule has 0 aromatic heterocycles. The molecule has 2 unspecified atom stereocenters. The lowest BCUT2D eigenvalue weighted by Crippen LogP contribution is -2.52. The summed E-state index contributed by atoms with van der Waals surface area (Å²) in [5.41, 5.74) is -0.137. The summed E-state index contributed by atoms with van der Waals surface area (Å²) in [6.45, 7) is 3.50. The van der Waals surface area contributed by atoms with Gasteiger partial charge < -0.3 is 15.2 Å². The summed E-state index contributed by atoms with van der Waals surface area (Å²) in [4.78, 5) is 24.8. The van der Waals surface area contributed by atoms with Gasteiger partial charge in [-0.1, -0.05) is 49.4 Å². The van der Waals surface area contributed by atoms with Gasteiger partial charge >= 0.3 is 5.97 Å². The van der Waals surface area contributed by atoms with Crippen LogP contribution >= 0.6 is 0 Å². The highest BCUT2D eigenvalue weighted by atomic mass is 16.5. The van der Waals surface area contributed by atoms with E-state index in [1.807, 2.05) is 12.1 Å². The lowest BCUT2D eigenvalue weighted by Gasteiger charge is -2.31. The highest BCUT2D eigenvalue weighted by molar-refractivity contribution is 5.91. The zero-order valence-corrected chi connectivity index (χ0v) is 14.7. The second kappa shape index (κ2) is 7.83. The molecule has 5 nitrogen and oxygen atoms in total. The van der Waals surface area contributed by atoms with E-state index in [-0.39, 0.29) is 12.3 Å². The Morgan fingerprint density at radius 1 is 1.16 bits per heavy atom. The largest absolute Gasteiger partial charge is 0.497 e. The minimum atomic E-state index is -1.45. The first kappa shape index (κ1) is 18.5. The molecule has 0 bridgehead atoms. The van der Waals surface area contributed by atoms with E-state index in [1.54, 1.807) is 63.4 Å². The van der Waals surface area contributed by atoms with Gasteiger partial charge in [-0.25, -0.2) is 4.79 Å². The molecule has 2 rings (SSSR count). The van der Waals surface area contributed by atoms with Crippen molar-refractivity contribution in [2.75, 3.05) is 7.11 Å². The summed E-state index contributed by atoms with van der Waals surface area (Å²) in [7, 11) is 1.56. The van der Waals surface area contributed by atoms with Crippen molar-refractivity contribution in [2.45, 2.75) is 31.7 Å². The first-order valence-corrected chi connectivity index (χ1v) is 8.19. The SMILES string of the molecule is CCC(NC(=O)C(C)c1cccc(OC)c1)(C(=O)O)c1ccccc1. The van der Waals surface area contributed by atoms with Gasteiger partial charge in [0.25, 0.3) is 0 Å². The first-order valence-electron chi connectivity index (χ1n) is 8.19. The zero-order chi connectivity index (χ0) is 18.4. The van der Waals surface area contributed by atoms with Crippen molar-refractivity contribution < 1.29 is 19.4 Å². The normalized spacial score (nSPS) is 14.2. The van der Waals surface area contributed by atoms with E-state index in [0.29, 0.717) is 11.3 Å². The number of carboxylic acid groups (broad SMARTS) is 1. The van der Waals surface area contributed by atoms with Crippen molar-refractivity contribution >= 4 is 11.9 Å². The number of carbonyl (C=O) groups is 2. The first-order chi connectivity index (χ1) is 11.9. The zero-order valence-electron chi connectivity index (χ0n) is 14.7. The topological polar surface area (TPSA) is 75.6 Å². The minimum Gasteiger partial charge on any atom is -0.497 e. The van der Waals surface area contributed by atoms with Crippen LogP contribution in [0.3, 0.4) is 0 Å². The molecule has 25 heavy (non-hydrogen) atoms. The average Bonchev–Trinajstić information content (AvgIpc) is 2.65. The van der Waals surface area contributed by atoms with Crippen LogP contribution in [0.2, 0.25) is 0 Å². The third kappa shape index (κ3) is 3.82. The molecule has 0 spiro atoms. The maximum Gasteiger partial charge on any atom is 0.334 e. The number of hydrogen-bond acceptors (Lipinski definition) is 3. The molecule has 0 fully saturated rings. The third-order valence-electron chi connectivity index (χ3n) is 4.49. The van der Waals surface area contributed by atoms with E-state index >= 15 is 0 Å². The predicted octanol–water partition coefficient (Wildman–Crippen LogP) is 3.31. The van der Waals surface area contributed by atoms with Crippen LogP contribution in [0.5, 0.6) is 5.75 Å². The molecule has 0 aliphatic heterocycles. The Balaban J connectivity index is 2.32. The summed E-state index contributed by atoms with van der Waals surface area (Å²) < 4.78 is 5.19. The van der Waals surface area contributed by atoms with Crippen molar-refractivity contribution in [3.8, 4) is 5.75 Å². The van der Waals surface area contributed by atoms with E-state index < -0.39 is 17.4 Å². The number of aliphatic carboxylic acids is 1. The molecule has 1 amide bonds. The molecule has 0 heterocycles. The van der Waals surface area contributed by atoms with Gasteiger partial charge in [0.1, 0.15) is 5.75 Å². The van der Waals surface area contributed by atoms with Gasteiger partial charge in [-0.15, -0.1) is 0 Å². The van der Waals surface area contributed by atoms with E-state index in [9.17, 15) is 14.7 Å². The number of benzene rings is 2. The highest BCUT2D eigenvalue weighted by Gasteiger charge is 2.41. The smallest absolute Gasteiger partial charge is 0.334 e. The molecular weight excluding hydrogens is 318 g/mol. The minimum absolute atomic E-state index is 0.239. The van der Waals surface area contributed by atoms with Crippen LogP contribution in [0, 0.1) is 0 Å². The summed E-state index contributed by atoms with van der Waals surface area (Å²) in [6, 6.07) is 16.0. The number of amides is 1. The van der Waals surface area contributed by atoms with Crippen LogP contribution in [-0.4, -0.2) is 24.1 Å². The highest BCUT2D eigenvalue weighted by Crippen LogP contribution is 2.28. The molecule has 0 aliphatic carbocycles. The van der Waals surface area contributed by atoms with Crippen LogP contribution in [0.25, 0.3) is 0 Å². The molecule has 2 N–H and O–H groups in total. The van der Waals surface area contributed by atoms with Gasteiger partial charge in [-0.2, -0.15) is 0 Å². The summed E-state index contributed by atoms with van der Waals surface area (Å²) in [6.07, 6.45) is 0.239. The van der Waals surface area contributed by atoms with Gasteiger partial charge in [-0.3, -0.25) is 4.79 Å². The molecule has 2 aromatic rings.